The van der Waals surface area contributed by atoms with Gasteiger partial charge in [-0.05, 0) is 67.8 Å². The zero-order chi connectivity index (χ0) is 26.3. The second kappa shape index (κ2) is 9.78. The molecule has 1 atom stereocenters. The Morgan fingerprint density at radius 2 is 1.86 bits per heavy atom. The number of rotatable bonds is 6. The molecule has 2 aliphatic heterocycles. The van der Waals surface area contributed by atoms with Crippen LogP contribution >= 0.6 is 11.3 Å². The number of carbonyl (C=O) groups excluding carboxylic acids is 1. The summed E-state index contributed by atoms with van der Waals surface area (Å²) in [5.74, 6) is 1.81. The molecule has 3 aromatic rings. The maximum Gasteiger partial charge on any atom is 0.338 e. The number of hydrogen-bond acceptors (Lipinski definition) is 9. The molecule has 1 aromatic heterocycles. The van der Waals surface area contributed by atoms with E-state index in [1.807, 2.05) is 31.2 Å². The maximum absolute atomic E-state index is 13.9. The minimum absolute atomic E-state index is 0.168. The summed E-state index contributed by atoms with van der Waals surface area (Å²) in [6.45, 7) is 5.80. The summed E-state index contributed by atoms with van der Waals surface area (Å²) in [6.07, 6.45) is 1.82. The molecule has 0 spiro atoms. The van der Waals surface area contributed by atoms with Crippen LogP contribution in [0.1, 0.15) is 36.6 Å². The average molecular weight is 523 g/mol. The molecule has 0 saturated carbocycles. The van der Waals surface area contributed by atoms with Gasteiger partial charge in [-0.3, -0.25) is 9.36 Å². The predicted molar refractivity (Wildman–Crippen MR) is 137 cm³/mol. The number of esters is 1. The Balaban J connectivity index is 1.72. The third-order valence-corrected chi connectivity index (χ3v) is 7.27. The standard InChI is InChI=1S/C27H26N2O7S/c1-6-34-26(31)23-15(3)28-27-29(24(23)16-7-8-18(32-4)19(10-16)33-5)25(30)22(37-27)12-17-11-21-20(9-14(17)2)35-13-36-21/h7-12,24H,6,13H2,1-5H3. The summed E-state index contributed by atoms with van der Waals surface area (Å²) in [5, 5.41) is 0. The smallest absolute Gasteiger partial charge is 0.338 e. The fourth-order valence-electron chi connectivity index (χ4n) is 4.49. The number of carbonyl (C=O) groups is 1. The van der Waals surface area contributed by atoms with Crippen molar-refractivity contribution in [1.29, 1.82) is 0 Å². The normalized spacial score (nSPS) is 16.4. The molecular weight excluding hydrogens is 496 g/mol. The van der Waals surface area contributed by atoms with E-state index in [0.717, 1.165) is 11.1 Å². The molecule has 5 rings (SSSR count). The molecule has 0 radical (unpaired) electrons. The number of methoxy groups -OCH3 is 2. The molecule has 3 heterocycles. The van der Waals surface area contributed by atoms with E-state index in [4.69, 9.17) is 23.7 Å². The van der Waals surface area contributed by atoms with Gasteiger partial charge >= 0.3 is 5.97 Å². The molecule has 2 aliphatic rings. The molecule has 0 amide bonds. The lowest BCUT2D eigenvalue weighted by Gasteiger charge is -2.25. The minimum atomic E-state index is -0.755. The number of benzene rings is 2. The molecule has 10 heteroatoms. The first-order valence-electron chi connectivity index (χ1n) is 11.7. The van der Waals surface area contributed by atoms with E-state index in [2.05, 4.69) is 4.99 Å². The van der Waals surface area contributed by atoms with Gasteiger partial charge in [-0.25, -0.2) is 9.79 Å². The third-order valence-electron chi connectivity index (χ3n) is 6.29. The molecule has 0 N–H and O–H groups in total. The lowest BCUT2D eigenvalue weighted by Crippen LogP contribution is -2.40. The number of aromatic nitrogens is 1. The van der Waals surface area contributed by atoms with Crippen molar-refractivity contribution < 1.29 is 28.5 Å². The van der Waals surface area contributed by atoms with Gasteiger partial charge in [-0.1, -0.05) is 17.4 Å². The van der Waals surface area contributed by atoms with Gasteiger partial charge in [0.05, 0.1) is 42.7 Å². The zero-order valence-corrected chi connectivity index (χ0v) is 21.9. The molecule has 2 aromatic carbocycles. The first-order valence-corrected chi connectivity index (χ1v) is 12.5. The van der Waals surface area contributed by atoms with Gasteiger partial charge in [-0.15, -0.1) is 0 Å². The van der Waals surface area contributed by atoms with Gasteiger partial charge in [0, 0.05) is 0 Å². The highest BCUT2D eigenvalue weighted by Gasteiger charge is 2.34. The number of nitrogens with zero attached hydrogens (tertiary/aromatic N) is 2. The average Bonchev–Trinajstić information content (AvgIpc) is 3.46. The lowest BCUT2D eigenvalue weighted by molar-refractivity contribution is -0.139. The summed E-state index contributed by atoms with van der Waals surface area (Å²) < 4.78 is 29.2. The maximum atomic E-state index is 13.9. The molecule has 192 valence electrons. The Labute approximate surface area is 216 Å². The van der Waals surface area contributed by atoms with Crippen molar-refractivity contribution in [3.63, 3.8) is 0 Å². The molecule has 0 aliphatic carbocycles. The summed E-state index contributed by atoms with van der Waals surface area (Å²) in [7, 11) is 3.08. The zero-order valence-electron chi connectivity index (χ0n) is 21.1. The number of aryl methyl sites for hydroxylation is 1. The fraction of sp³-hybridized carbons (Fsp3) is 0.296. The molecule has 37 heavy (non-hydrogen) atoms. The highest BCUT2D eigenvalue weighted by atomic mass is 32.1. The monoisotopic (exact) mass is 522 g/mol. The largest absolute Gasteiger partial charge is 0.493 e. The van der Waals surface area contributed by atoms with Crippen molar-refractivity contribution in [3.8, 4) is 23.0 Å². The molecule has 0 fully saturated rings. The van der Waals surface area contributed by atoms with Crippen LogP contribution in [0.4, 0.5) is 0 Å². The highest BCUT2D eigenvalue weighted by Crippen LogP contribution is 2.37. The van der Waals surface area contributed by atoms with Gasteiger partial charge in [0.2, 0.25) is 6.79 Å². The van der Waals surface area contributed by atoms with E-state index in [-0.39, 0.29) is 19.0 Å². The van der Waals surface area contributed by atoms with Crippen molar-refractivity contribution in [2.75, 3.05) is 27.6 Å². The van der Waals surface area contributed by atoms with Gasteiger partial charge in [0.15, 0.2) is 27.8 Å². The summed E-state index contributed by atoms with van der Waals surface area (Å²) >= 11 is 1.26. The van der Waals surface area contributed by atoms with Crippen LogP contribution < -0.4 is 33.8 Å². The van der Waals surface area contributed by atoms with Crippen molar-refractivity contribution in [2.45, 2.75) is 26.8 Å². The first kappa shape index (κ1) is 24.6. The number of fused-ring (bicyclic) bond motifs is 2. The van der Waals surface area contributed by atoms with Crippen LogP contribution in [0.2, 0.25) is 0 Å². The van der Waals surface area contributed by atoms with Crippen molar-refractivity contribution in [2.24, 2.45) is 4.99 Å². The number of allylic oxidation sites excluding steroid dienone is 1. The van der Waals surface area contributed by atoms with Gasteiger partial charge in [0.1, 0.15) is 0 Å². The quantitative estimate of drug-likeness (QED) is 0.459. The molecular formula is C27H26N2O7S. The van der Waals surface area contributed by atoms with E-state index in [1.54, 1.807) is 37.7 Å². The van der Waals surface area contributed by atoms with Crippen molar-refractivity contribution in [3.05, 3.63) is 78.0 Å². The van der Waals surface area contributed by atoms with Crippen LogP contribution in [0.3, 0.4) is 0 Å². The summed E-state index contributed by atoms with van der Waals surface area (Å²) in [4.78, 5) is 32.1. The van der Waals surface area contributed by atoms with E-state index in [9.17, 15) is 9.59 Å². The molecule has 0 bridgehead atoms. The van der Waals surface area contributed by atoms with Crippen molar-refractivity contribution in [1.82, 2.24) is 4.57 Å². The summed E-state index contributed by atoms with van der Waals surface area (Å²) in [6, 6.07) is 8.31. The molecule has 0 saturated heterocycles. The van der Waals surface area contributed by atoms with E-state index in [1.165, 1.54) is 18.4 Å². The molecule has 9 nitrogen and oxygen atoms in total. The number of thiazole rings is 1. The van der Waals surface area contributed by atoms with Crippen LogP contribution in [-0.4, -0.2) is 38.2 Å². The van der Waals surface area contributed by atoms with Crippen LogP contribution in [0, 0.1) is 6.92 Å². The number of hydrogen-bond donors (Lipinski definition) is 0. The Morgan fingerprint density at radius 1 is 1.14 bits per heavy atom. The minimum Gasteiger partial charge on any atom is -0.493 e. The van der Waals surface area contributed by atoms with Crippen LogP contribution in [0.5, 0.6) is 23.0 Å². The summed E-state index contributed by atoms with van der Waals surface area (Å²) in [5.41, 5.74) is 2.96. The van der Waals surface area contributed by atoms with E-state index < -0.39 is 12.0 Å². The van der Waals surface area contributed by atoms with Crippen LogP contribution in [-0.2, 0) is 9.53 Å². The first-order chi connectivity index (χ1) is 17.9. The van der Waals surface area contributed by atoms with Gasteiger partial charge in [0.25, 0.3) is 5.56 Å². The predicted octanol–water partition coefficient (Wildman–Crippen LogP) is 2.85. The van der Waals surface area contributed by atoms with Gasteiger partial charge < -0.3 is 23.7 Å². The SMILES string of the molecule is CCOC(=O)C1=C(C)N=c2sc(=Cc3cc4c(cc3C)OCO4)c(=O)n2C1c1ccc(OC)c(OC)c1. The van der Waals surface area contributed by atoms with Crippen molar-refractivity contribution >= 4 is 23.4 Å². The Bertz CT molecular complexity index is 1620. The topological polar surface area (TPSA) is 97.6 Å². The van der Waals surface area contributed by atoms with Gasteiger partial charge in [-0.2, -0.15) is 0 Å². The number of ether oxygens (including phenoxy) is 5. The third kappa shape index (κ3) is 4.27. The second-order valence-electron chi connectivity index (χ2n) is 8.48. The fourth-order valence-corrected chi connectivity index (χ4v) is 5.52. The lowest BCUT2D eigenvalue weighted by atomic mass is 9.95. The van der Waals surface area contributed by atoms with Crippen LogP contribution in [0.15, 0.2) is 51.4 Å². The molecule has 1 unspecified atom stereocenters. The van der Waals surface area contributed by atoms with E-state index in [0.29, 0.717) is 49.2 Å². The Hall–Kier alpha value is -4.05. The van der Waals surface area contributed by atoms with E-state index >= 15 is 0 Å². The Morgan fingerprint density at radius 3 is 2.57 bits per heavy atom. The second-order valence-corrected chi connectivity index (χ2v) is 9.49. The highest BCUT2D eigenvalue weighted by molar-refractivity contribution is 7.07. The van der Waals surface area contributed by atoms with Crippen LogP contribution in [0.25, 0.3) is 6.08 Å². The Kier molecular flexibility index (Phi) is 6.51.